The Hall–Kier alpha value is -2.81. The number of carbonyl (C=O) groups excluding carboxylic acids is 3. The standard InChI is InChI=1S/C20H22N2O6S/c1-20(2,3)28-19(27)13(11-7-5-4-6-8-11)15(23)21-14-16(24)22-12(18(25)26)9-10-29-17(14)22/h4-10,12-14,17H,1-3H3,(H,21,23)(H,25,26)/t12?,13?,14?,17-/m1/s1. The van der Waals surface area contributed by atoms with E-state index in [1.54, 1.807) is 56.5 Å². The number of ether oxygens (including phenoxy) is 1. The zero-order valence-electron chi connectivity index (χ0n) is 16.2. The molecule has 0 bridgehead atoms. The van der Waals surface area contributed by atoms with E-state index in [1.807, 2.05) is 0 Å². The molecule has 0 spiro atoms. The van der Waals surface area contributed by atoms with Crippen LogP contribution in [0, 0.1) is 0 Å². The van der Waals surface area contributed by atoms with Crippen LogP contribution in [0.25, 0.3) is 0 Å². The summed E-state index contributed by atoms with van der Waals surface area (Å²) in [4.78, 5) is 50.7. The SMILES string of the molecule is CC(C)(C)OC(=O)C(C(=O)NC1C(=O)N2C(C(=O)O)C=CS[C@H]12)c1ccccc1. The van der Waals surface area contributed by atoms with Gasteiger partial charge >= 0.3 is 11.9 Å². The van der Waals surface area contributed by atoms with Crippen LogP contribution in [-0.2, 0) is 23.9 Å². The number of rotatable bonds is 5. The number of aliphatic carboxylic acids is 1. The van der Waals surface area contributed by atoms with Crippen molar-refractivity contribution in [2.24, 2.45) is 0 Å². The molecule has 2 aliphatic rings. The summed E-state index contributed by atoms with van der Waals surface area (Å²) < 4.78 is 5.40. The van der Waals surface area contributed by atoms with Crippen molar-refractivity contribution in [3.8, 4) is 0 Å². The second kappa shape index (κ2) is 7.90. The van der Waals surface area contributed by atoms with E-state index in [0.717, 1.165) is 0 Å². The number of carbonyl (C=O) groups is 4. The van der Waals surface area contributed by atoms with Crippen LogP contribution in [0.15, 0.2) is 41.8 Å². The molecular weight excluding hydrogens is 396 g/mol. The molecule has 8 nitrogen and oxygen atoms in total. The Kier molecular flexibility index (Phi) is 5.70. The van der Waals surface area contributed by atoms with E-state index in [2.05, 4.69) is 5.32 Å². The third kappa shape index (κ3) is 4.29. The molecule has 0 aromatic heterocycles. The first-order chi connectivity index (χ1) is 13.6. The molecule has 2 N–H and O–H groups in total. The average Bonchev–Trinajstić information content (AvgIpc) is 2.64. The van der Waals surface area contributed by atoms with Crippen molar-refractivity contribution in [3.63, 3.8) is 0 Å². The van der Waals surface area contributed by atoms with E-state index >= 15 is 0 Å². The van der Waals surface area contributed by atoms with Crippen molar-refractivity contribution in [1.29, 1.82) is 0 Å². The lowest BCUT2D eigenvalue weighted by molar-refractivity contribution is -0.162. The van der Waals surface area contributed by atoms with Gasteiger partial charge in [0.1, 0.15) is 23.1 Å². The third-order valence-electron chi connectivity index (χ3n) is 4.45. The van der Waals surface area contributed by atoms with Gasteiger partial charge in [0, 0.05) is 0 Å². The number of benzene rings is 1. The van der Waals surface area contributed by atoms with Gasteiger partial charge in [0.15, 0.2) is 5.92 Å². The van der Waals surface area contributed by atoms with E-state index in [-0.39, 0.29) is 0 Å². The molecule has 154 valence electrons. The van der Waals surface area contributed by atoms with Crippen LogP contribution in [0.1, 0.15) is 32.3 Å². The first kappa shape index (κ1) is 20.9. The predicted molar refractivity (Wildman–Crippen MR) is 106 cm³/mol. The maximum Gasteiger partial charge on any atom is 0.330 e. The number of hydrogen-bond donors (Lipinski definition) is 2. The highest BCUT2D eigenvalue weighted by molar-refractivity contribution is 8.02. The molecule has 1 fully saturated rings. The van der Waals surface area contributed by atoms with Crippen molar-refractivity contribution in [2.75, 3.05) is 0 Å². The monoisotopic (exact) mass is 418 g/mol. The minimum absolute atomic E-state index is 0.447. The summed E-state index contributed by atoms with van der Waals surface area (Å²) in [7, 11) is 0. The maximum absolute atomic E-state index is 13.0. The molecule has 3 rings (SSSR count). The van der Waals surface area contributed by atoms with E-state index in [4.69, 9.17) is 4.74 Å². The molecule has 0 saturated carbocycles. The van der Waals surface area contributed by atoms with Gasteiger partial charge in [-0.2, -0.15) is 0 Å². The van der Waals surface area contributed by atoms with E-state index in [9.17, 15) is 24.3 Å². The molecule has 0 radical (unpaired) electrons. The van der Waals surface area contributed by atoms with Crippen LogP contribution in [0.2, 0.25) is 0 Å². The second-order valence-corrected chi connectivity index (χ2v) is 8.77. The fourth-order valence-corrected chi connectivity index (χ4v) is 4.30. The van der Waals surface area contributed by atoms with Crippen molar-refractivity contribution in [2.45, 2.75) is 49.7 Å². The molecule has 2 amide bonds. The maximum atomic E-state index is 13.0. The Morgan fingerprint density at radius 1 is 1.21 bits per heavy atom. The van der Waals surface area contributed by atoms with Crippen molar-refractivity contribution >= 4 is 35.5 Å². The lowest BCUT2D eigenvalue weighted by Crippen LogP contribution is -2.73. The number of thioether (sulfide) groups is 1. The second-order valence-electron chi connectivity index (χ2n) is 7.75. The van der Waals surface area contributed by atoms with Crippen LogP contribution >= 0.6 is 11.8 Å². The number of amides is 2. The Morgan fingerprint density at radius 3 is 2.45 bits per heavy atom. The number of carboxylic acids is 1. The molecule has 3 unspecified atom stereocenters. The highest BCUT2D eigenvalue weighted by Gasteiger charge is 2.54. The highest BCUT2D eigenvalue weighted by atomic mass is 32.2. The Labute approximate surface area is 172 Å². The van der Waals surface area contributed by atoms with Crippen LogP contribution in [0.3, 0.4) is 0 Å². The molecule has 1 aromatic rings. The number of β-lactam (4-membered cyclic amide) rings is 1. The number of nitrogens with one attached hydrogen (secondary N) is 1. The van der Waals surface area contributed by atoms with Crippen LogP contribution in [0.4, 0.5) is 0 Å². The van der Waals surface area contributed by atoms with Gasteiger partial charge in [-0.3, -0.25) is 14.4 Å². The van der Waals surface area contributed by atoms with Crippen molar-refractivity contribution < 1.29 is 29.0 Å². The zero-order chi connectivity index (χ0) is 21.3. The topological polar surface area (TPSA) is 113 Å². The molecule has 2 aliphatic heterocycles. The minimum atomic E-state index is -1.24. The van der Waals surface area contributed by atoms with E-state index < -0.39 is 52.7 Å². The minimum Gasteiger partial charge on any atom is -0.479 e. The summed E-state index contributed by atoms with van der Waals surface area (Å²) in [6.07, 6.45) is 1.42. The van der Waals surface area contributed by atoms with Crippen LogP contribution in [-0.4, -0.2) is 56.8 Å². The first-order valence-electron chi connectivity index (χ1n) is 9.05. The fraction of sp³-hybridized carbons (Fsp3) is 0.400. The third-order valence-corrected chi connectivity index (χ3v) is 5.54. The van der Waals surface area contributed by atoms with Crippen LogP contribution in [0.5, 0.6) is 0 Å². The van der Waals surface area contributed by atoms with Gasteiger partial charge in [0.25, 0.3) is 0 Å². The lowest BCUT2D eigenvalue weighted by atomic mass is 9.96. The molecular formula is C20H22N2O6S. The smallest absolute Gasteiger partial charge is 0.330 e. The van der Waals surface area contributed by atoms with E-state index in [0.29, 0.717) is 5.56 Å². The molecule has 1 saturated heterocycles. The largest absolute Gasteiger partial charge is 0.479 e. The summed E-state index contributed by atoms with van der Waals surface area (Å²) in [6.45, 7) is 5.11. The predicted octanol–water partition coefficient (Wildman–Crippen LogP) is 1.48. The molecule has 4 atom stereocenters. The molecule has 9 heteroatoms. The van der Waals surface area contributed by atoms with Gasteiger partial charge in [-0.05, 0) is 37.8 Å². The van der Waals surface area contributed by atoms with Crippen molar-refractivity contribution in [3.05, 3.63) is 47.4 Å². The van der Waals surface area contributed by atoms with Crippen LogP contribution < -0.4 is 5.32 Å². The van der Waals surface area contributed by atoms with Gasteiger partial charge in [0.2, 0.25) is 11.8 Å². The summed E-state index contributed by atoms with van der Waals surface area (Å²) >= 11 is 1.24. The summed E-state index contributed by atoms with van der Waals surface area (Å²) in [6, 6.07) is 6.48. The van der Waals surface area contributed by atoms with Gasteiger partial charge < -0.3 is 20.1 Å². The summed E-state index contributed by atoms with van der Waals surface area (Å²) in [5.74, 6) is -4.25. The average molecular weight is 418 g/mol. The number of nitrogens with zero attached hydrogens (tertiary/aromatic N) is 1. The first-order valence-corrected chi connectivity index (χ1v) is 10.00. The number of fused-ring (bicyclic) bond motifs is 1. The van der Waals surface area contributed by atoms with Gasteiger partial charge in [-0.1, -0.05) is 30.3 Å². The number of esters is 1. The highest BCUT2D eigenvalue weighted by Crippen LogP contribution is 2.37. The molecule has 2 heterocycles. The number of carboxylic acid groups (broad SMARTS) is 1. The van der Waals surface area contributed by atoms with Gasteiger partial charge in [-0.15, -0.1) is 11.8 Å². The Bertz CT molecular complexity index is 863. The quantitative estimate of drug-likeness (QED) is 0.423. The Morgan fingerprint density at radius 2 is 1.86 bits per heavy atom. The molecule has 1 aromatic carbocycles. The summed E-state index contributed by atoms with van der Waals surface area (Å²) in [5.41, 5.74) is -0.339. The lowest BCUT2D eigenvalue weighted by Gasteiger charge is -2.50. The summed E-state index contributed by atoms with van der Waals surface area (Å²) in [5, 5.41) is 12.9. The van der Waals surface area contributed by atoms with Gasteiger partial charge in [0.05, 0.1) is 0 Å². The van der Waals surface area contributed by atoms with E-state index in [1.165, 1.54) is 22.7 Å². The van der Waals surface area contributed by atoms with Crippen molar-refractivity contribution in [1.82, 2.24) is 10.2 Å². The molecule has 0 aliphatic carbocycles. The normalized spacial score (nSPS) is 24.2. The fourth-order valence-electron chi connectivity index (χ4n) is 3.19. The van der Waals surface area contributed by atoms with Gasteiger partial charge in [-0.25, -0.2) is 4.79 Å². The number of hydrogen-bond acceptors (Lipinski definition) is 6. The zero-order valence-corrected chi connectivity index (χ0v) is 17.0. The Balaban J connectivity index is 1.79. The molecule has 29 heavy (non-hydrogen) atoms.